The lowest BCUT2D eigenvalue weighted by atomic mass is 9.94. The van der Waals surface area contributed by atoms with E-state index >= 15 is 0 Å². The van der Waals surface area contributed by atoms with Crippen molar-refractivity contribution in [2.24, 2.45) is 0 Å². The number of ether oxygens (including phenoxy) is 4. The van der Waals surface area contributed by atoms with Gasteiger partial charge in [-0.25, -0.2) is 0 Å². The van der Waals surface area contributed by atoms with Gasteiger partial charge < -0.3 is 28.3 Å². The zero-order chi connectivity index (χ0) is 16.7. The summed E-state index contributed by atoms with van der Waals surface area (Å²) in [6.07, 6.45) is 10.8. The van der Waals surface area contributed by atoms with Crippen molar-refractivity contribution in [3.63, 3.8) is 0 Å². The summed E-state index contributed by atoms with van der Waals surface area (Å²) in [6.45, 7) is 1.17. The maximum Gasteiger partial charge on any atom is 0.438 e. The summed E-state index contributed by atoms with van der Waals surface area (Å²) in [6, 6.07) is 0. The Labute approximate surface area is 150 Å². The van der Waals surface area contributed by atoms with Gasteiger partial charge in [-0.2, -0.15) is 0 Å². The van der Waals surface area contributed by atoms with Crippen molar-refractivity contribution in [3.05, 3.63) is 0 Å². The van der Waals surface area contributed by atoms with Crippen LogP contribution in [0.25, 0.3) is 0 Å². The quantitative estimate of drug-likeness (QED) is 0.710. The minimum absolute atomic E-state index is 0.0721. The third-order valence-corrected chi connectivity index (χ3v) is 6.56. The second kappa shape index (κ2) is 6.77. The SMILES string of the molecule is B1O[C@@H]([C@@H]2COC3(CCCCC3)O2)[C@H]([C@@H]2COC3(CCCCC3)O2)O1. The van der Waals surface area contributed by atoms with Crippen LogP contribution in [-0.4, -0.2) is 56.9 Å². The highest BCUT2D eigenvalue weighted by Gasteiger charge is 2.53. The fraction of sp³-hybridized carbons (Fsp3) is 1.00. The molecule has 0 aromatic rings. The Balaban J connectivity index is 1.24. The second-order valence-electron chi connectivity index (χ2n) is 8.26. The molecule has 140 valence electrons. The average molecular weight is 352 g/mol. The molecular formula is C18H29BO6. The Hall–Kier alpha value is -0.175. The molecular weight excluding hydrogens is 323 g/mol. The van der Waals surface area contributed by atoms with Crippen LogP contribution in [0.2, 0.25) is 0 Å². The lowest BCUT2D eigenvalue weighted by Gasteiger charge is -2.34. The molecule has 0 aromatic heterocycles. The number of hydrogen-bond acceptors (Lipinski definition) is 6. The van der Waals surface area contributed by atoms with Crippen molar-refractivity contribution in [1.82, 2.24) is 0 Å². The van der Waals surface area contributed by atoms with E-state index < -0.39 is 0 Å². The highest BCUT2D eigenvalue weighted by molar-refractivity contribution is 6.19. The van der Waals surface area contributed by atoms with Crippen molar-refractivity contribution >= 4 is 7.69 Å². The highest BCUT2D eigenvalue weighted by atomic mass is 16.8. The molecule has 3 heterocycles. The lowest BCUT2D eigenvalue weighted by Crippen LogP contribution is -2.46. The summed E-state index contributed by atoms with van der Waals surface area (Å²) in [4.78, 5) is 0. The molecule has 0 bridgehead atoms. The van der Waals surface area contributed by atoms with E-state index in [1.54, 1.807) is 0 Å². The van der Waals surface area contributed by atoms with Crippen LogP contribution in [-0.2, 0) is 28.3 Å². The van der Waals surface area contributed by atoms with E-state index in [1.807, 2.05) is 0 Å². The Morgan fingerprint density at radius 1 is 0.600 bits per heavy atom. The predicted octanol–water partition coefficient (Wildman–Crippen LogP) is 2.19. The zero-order valence-electron chi connectivity index (χ0n) is 15.0. The molecule has 4 atom stereocenters. The van der Waals surface area contributed by atoms with Gasteiger partial charge in [-0.15, -0.1) is 0 Å². The molecule has 6 nitrogen and oxygen atoms in total. The van der Waals surface area contributed by atoms with E-state index in [0.717, 1.165) is 25.7 Å². The highest BCUT2D eigenvalue weighted by Crippen LogP contribution is 2.43. The van der Waals surface area contributed by atoms with Gasteiger partial charge in [0.1, 0.15) is 12.2 Å². The summed E-state index contributed by atoms with van der Waals surface area (Å²) in [5.74, 6) is -0.756. The molecule has 5 aliphatic rings. The molecule has 7 heteroatoms. The van der Waals surface area contributed by atoms with Crippen LogP contribution in [0.15, 0.2) is 0 Å². The molecule has 2 aliphatic carbocycles. The first-order chi connectivity index (χ1) is 12.3. The van der Waals surface area contributed by atoms with Gasteiger partial charge in [-0.3, -0.25) is 0 Å². The fourth-order valence-electron chi connectivity index (χ4n) is 5.21. The van der Waals surface area contributed by atoms with Crippen molar-refractivity contribution in [2.75, 3.05) is 13.2 Å². The summed E-state index contributed by atoms with van der Waals surface area (Å²) >= 11 is 0. The van der Waals surface area contributed by atoms with Crippen molar-refractivity contribution in [1.29, 1.82) is 0 Å². The van der Waals surface area contributed by atoms with Crippen molar-refractivity contribution in [2.45, 2.75) is 100 Å². The maximum absolute atomic E-state index is 6.38. The molecule has 0 N–H and O–H groups in total. The van der Waals surface area contributed by atoms with Gasteiger partial charge >= 0.3 is 7.69 Å². The van der Waals surface area contributed by atoms with Crippen LogP contribution in [0.3, 0.4) is 0 Å². The van der Waals surface area contributed by atoms with Crippen LogP contribution in [0, 0.1) is 0 Å². The zero-order valence-corrected chi connectivity index (χ0v) is 15.0. The smallest absolute Gasteiger partial charge is 0.406 e. The summed E-state index contributed by atoms with van der Waals surface area (Å²) in [7, 11) is 0.301. The first kappa shape index (κ1) is 17.0. The Bertz CT molecular complexity index is 434. The normalized spacial score (nSPS) is 42.9. The maximum atomic E-state index is 6.38. The van der Waals surface area contributed by atoms with Gasteiger partial charge in [-0.05, 0) is 25.7 Å². The topological polar surface area (TPSA) is 55.4 Å². The molecule has 5 rings (SSSR count). The molecule has 0 radical (unpaired) electrons. The van der Waals surface area contributed by atoms with Gasteiger partial charge in [0.25, 0.3) is 0 Å². The summed E-state index contributed by atoms with van der Waals surface area (Å²) in [5.41, 5.74) is 0. The van der Waals surface area contributed by atoms with Crippen LogP contribution in [0.4, 0.5) is 0 Å². The molecule has 5 fully saturated rings. The molecule has 0 amide bonds. The third kappa shape index (κ3) is 3.17. The largest absolute Gasteiger partial charge is 0.438 e. The van der Waals surface area contributed by atoms with E-state index in [4.69, 9.17) is 28.3 Å². The minimum atomic E-state index is -0.378. The standard InChI is InChI=1S/C18H29BO6/c1-3-7-17(8-4-1)20-11-13(22-17)15-16(25-19-24-15)14-12-21-18(23-14)9-5-2-6-10-18/h13-16,19H,1-12H2/t13-,14-,15-,16-/m0/s1. The Morgan fingerprint density at radius 2 is 1.04 bits per heavy atom. The Morgan fingerprint density at radius 3 is 1.48 bits per heavy atom. The van der Waals surface area contributed by atoms with E-state index in [1.165, 1.54) is 38.5 Å². The molecule has 3 saturated heterocycles. The third-order valence-electron chi connectivity index (χ3n) is 6.56. The summed E-state index contributed by atoms with van der Waals surface area (Å²) < 4.78 is 36.8. The fourth-order valence-corrected chi connectivity index (χ4v) is 5.21. The van der Waals surface area contributed by atoms with E-state index in [2.05, 4.69) is 0 Å². The molecule has 3 aliphatic heterocycles. The molecule has 25 heavy (non-hydrogen) atoms. The van der Waals surface area contributed by atoms with Gasteiger partial charge in [0, 0.05) is 25.7 Å². The van der Waals surface area contributed by atoms with E-state index in [9.17, 15) is 0 Å². The van der Waals surface area contributed by atoms with Gasteiger partial charge in [0.15, 0.2) is 11.6 Å². The van der Waals surface area contributed by atoms with Crippen molar-refractivity contribution < 1.29 is 28.3 Å². The monoisotopic (exact) mass is 352 g/mol. The van der Waals surface area contributed by atoms with Gasteiger partial charge in [0.2, 0.25) is 0 Å². The first-order valence-corrected chi connectivity index (χ1v) is 10.1. The van der Waals surface area contributed by atoms with Crippen molar-refractivity contribution in [3.8, 4) is 0 Å². The van der Waals surface area contributed by atoms with Crippen LogP contribution in [0.1, 0.15) is 64.2 Å². The van der Waals surface area contributed by atoms with Gasteiger partial charge in [0.05, 0.1) is 25.4 Å². The first-order valence-electron chi connectivity index (χ1n) is 10.1. The number of hydrogen-bond donors (Lipinski definition) is 0. The number of rotatable bonds is 2. The predicted molar refractivity (Wildman–Crippen MR) is 90.2 cm³/mol. The molecule has 2 spiro atoms. The Kier molecular flexibility index (Phi) is 4.59. The minimum Gasteiger partial charge on any atom is -0.406 e. The van der Waals surface area contributed by atoms with Gasteiger partial charge in [-0.1, -0.05) is 12.8 Å². The second-order valence-corrected chi connectivity index (χ2v) is 8.26. The van der Waals surface area contributed by atoms with Crippen LogP contribution < -0.4 is 0 Å². The van der Waals surface area contributed by atoms with Crippen LogP contribution >= 0.6 is 0 Å². The molecule has 2 saturated carbocycles. The average Bonchev–Trinajstić information content (AvgIpc) is 3.36. The molecule has 0 unspecified atom stereocenters. The summed E-state index contributed by atoms with van der Waals surface area (Å²) in [5, 5.41) is 0. The van der Waals surface area contributed by atoms with E-state index in [0.29, 0.717) is 20.9 Å². The van der Waals surface area contributed by atoms with E-state index in [-0.39, 0.29) is 36.0 Å². The van der Waals surface area contributed by atoms with Crippen LogP contribution in [0.5, 0.6) is 0 Å². The lowest BCUT2D eigenvalue weighted by molar-refractivity contribution is -0.206. The molecule has 0 aromatic carbocycles.